The Bertz CT molecular complexity index is 1200. The first-order valence-corrected chi connectivity index (χ1v) is 8.42. The van der Waals surface area contributed by atoms with Crippen LogP contribution < -0.4 is 5.69 Å². The van der Waals surface area contributed by atoms with Crippen LogP contribution >= 0.6 is 11.6 Å². The molecule has 0 aliphatic carbocycles. The van der Waals surface area contributed by atoms with Gasteiger partial charge in [0.25, 0.3) is 0 Å². The molecule has 0 atom stereocenters. The third-order valence-electron chi connectivity index (χ3n) is 4.06. The summed E-state index contributed by atoms with van der Waals surface area (Å²) in [6.07, 6.45) is -2.07. The Hall–Kier alpha value is -3.20. The predicted octanol–water partition coefficient (Wildman–Crippen LogP) is 3.67. The fraction of sp³-hybridized carbons (Fsp3) is 0.111. The number of hydrogen-bond acceptors (Lipinski definition) is 4. The zero-order valence-corrected chi connectivity index (χ0v) is 14.8. The Kier molecular flexibility index (Phi) is 4.38. The number of benzene rings is 1. The van der Waals surface area contributed by atoms with Gasteiger partial charge in [-0.1, -0.05) is 29.8 Å². The lowest BCUT2D eigenvalue weighted by Gasteiger charge is -2.06. The zero-order valence-electron chi connectivity index (χ0n) is 14.1. The molecule has 0 bridgehead atoms. The monoisotopic (exact) mass is 405 g/mol. The van der Waals surface area contributed by atoms with E-state index in [4.69, 9.17) is 11.6 Å². The molecule has 3 aromatic heterocycles. The molecule has 3 heterocycles. The molecule has 0 unspecified atom stereocenters. The summed E-state index contributed by atoms with van der Waals surface area (Å²) in [6, 6.07) is 10.8. The lowest BCUT2D eigenvalue weighted by Crippen LogP contribution is -2.22. The lowest BCUT2D eigenvalue weighted by atomic mass is 10.1. The van der Waals surface area contributed by atoms with E-state index in [9.17, 15) is 18.0 Å². The molecule has 1 aromatic carbocycles. The van der Waals surface area contributed by atoms with E-state index in [1.807, 2.05) is 0 Å². The summed E-state index contributed by atoms with van der Waals surface area (Å²) in [4.78, 5) is 20.1. The number of alkyl halides is 3. The first kappa shape index (κ1) is 18.2. The molecule has 0 N–H and O–H groups in total. The van der Waals surface area contributed by atoms with Crippen molar-refractivity contribution in [1.82, 2.24) is 24.1 Å². The van der Waals surface area contributed by atoms with Crippen LogP contribution in [-0.4, -0.2) is 24.1 Å². The Labute approximate surface area is 160 Å². The van der Waals surface area contributed by atoms with Crippen molar-refractivity contribution in [3.05, 3.63) is 81.8 Å². The molecule has 10 heteroatoms. The van der Waals surface area contributed by atoms with E-state index >= 15 is 0 Å². The van der Waals surface area contributed by atoms with Crippen molar-refractivity contribution in [3.8, 4) is 11.3 Å². The molecule has 0 radical (unpaired) electrons. The van der Waals surface area contributed by atoms with E-state index in [1.54, 1.807) is 30.3 Å². The maximum atomic E-state index is 12.6. The average Bonchev–Trinajstić information content (AvgIpc) is 2.97. The van der Waals surface area contributed by atoms with Gasteiger partial charge < -0.3 is 0 Å². The number of rotatable bonds is 3. The number of nitrogens with zero attached hydrogens (tertiary/aromatic N) is 5. The van der Waals surface area contributed by atoms with Crippen molar-refractivity contribution in [1.29, 1.82) is 0 Å². The van der Waals surface area contributed by atoms with Crippen molar-refractivity contribution in [2.75, 3.05) is 0 Å². The van der Waals surface area contributed by atoms with Crippen molar-refractivity contribution < 1.29 is 13.2 Å². The molecule has 0 aliphatic heterocycles. The van der Waals surface area contributed by atoms with Crippen molar-refractivity contribution in [2.45, 2.75) is 12.7 Å². The van der Waals surface area contributed by atoms with Gasteiger partial charge in [0.1, 0.15) is 12.0 Å². The van der Waals surface area contributed by atoms with Gasteiger partial charge in [-0.3, -0.25) is 4.98 Å². The molecular formula is C18H11ClF3N5O. The molecule has 28 heavy (non-hydrogen) atoms. The molecule has 0 saturated heterocycles. The topological polar surface area (TPSA) is 65.1 Å². The number of pyridine rings is 1. The summed E-state index contributed by atoms with van der Waals surface area (Å²) in [5, 5.41) is 4.83. The van der Waals surface area contributed by atoms with Gasteiger partial charge in [0, 0.05) is 22.8 Å². The summed E-state index contributed by atoms with van der Waals surface area (Å²) in [5.74, 6) is 0. The molecular weight excluding hydrogens is 395 g/mol. The third-order valence-corrected chi connectivity index (χ3v) is 4.31. The maximum absolute atomic E-state index is 12.6. The highest BCUT2D eigenvalue weighted by molar-refractivity contribution is 6.30. The highest BCUT2D eigenvalue weighted by Gasteiger charge is 2.32. The van der Waals surface area contributed by atoms with Gasteiger partial charge in [0.2, 0.25) is 0 Å². The lowest BCUT2D eigenvalue weighted by molar-refractivity contribution is -0.141. The second-order valence-electron chi connectivity index (χ2n) is 6.00. The van der Waals surface area contributed by atoms with Crippen molar-refractivity contribution in [3.63, 3.8) is 0 Å². The van der Waals surface area contributed by atoms with Crippen LogP contribution in [0.2, 0.25) is 5.02 Å². The first-order valence-electron chi connectivity index (χ1n) is 8.04. The predicted molar refractivity (Wildman–Crippen MR) is 96.0 cm³/mol. The summed E-state index contributed by atoms with van der Waals surface area (Å²) in [6.45, 7) is -0.0120. The van der Waals surface area contributed by atoms with E-state index < -0.39 is 17.6 Å². The minimum absolute atomic E-state index is 0.0120. The van der Waals surface area contributed by atoms with Crippen LogP contribution in [0.3, 0.4) is 0 Å². The van der Waals surface area contributed by atoms with Crippen LogP contribution in [0.4, 0.5) is 13.2 Å². The van der Waals surface area contributed by atoms with Gasteiger partial charge in [0.15, 0.2) is 5.65 Å². The molecule has 4 aromatic rings. The van der Waals surface area contributed by atoms with E-state index in [1.165, 1.54) is 16.8 Å². The van der Waals surface area contributed by atoms with E-state index in [0.29, 0.717) is 21.9 Å². The van der Waals surface area contributed by atoms with E-state index in [2.05, 4.69) is 15.1 Å². The largest absolute Gasteiger partial charge is 0.433 e. The Morgan fingerprint density at radius 2 is 1.79 bits per heavy atom. The van der Waals surface area contributed by atoms with Gasteiger partial charge in [-0.25, -0.2) is 18.9 Å². The number of halogens is 4. The highest BCUT2D eigenvalue weighted by atomic mass is 35.5. The maximum Gasteiger partial charge on any atom is 0.433 e. The van der Waals surface area contributed by atoms with Crippen molar-refractivity contribution in [2.24, 2.45) is 0 Å². The van der Waals surface area contributed by atoms with Crippen LogP contribution in [0.25, 0.3) is 16.9 Å². The smallest absolute Gasteiger partial charge is 0.251 e. The van der Waals surface area contributed by atoms with Gasteiger partial charge in [0.05, 0.1) is 12.2 Å². The number of hydrogen-bond donors (Lipinski definition) is 0. The Balaban J connectivity index is 1.66. The molecule has 0 amide bonds. The summed E-state index contributed by atoms with van der Waals surface area (Å²) in [5.41, 5.74) is 0.757. The molecule has 142 valence electrons. The number of fused-ring (bicyclic) bond motifs is 1. The first-order chi connectivity index (χ1) is 13.3. The molecule has 0 aliphatic rings. The van der Waals surface area contributed by atoms with Gasteiger partial charge in [-0.2, -0.15) is 13.2 Å². The van der Waals surface area contributed by atoms with Crippen LogP contribution in [0.5, 0.6) is 0 Å². The molecule has 6 nitrogen and oxygen atoms in total. The molecule has 4 rings (SSSR count). The number of aromatic nitrogens is 5. The summed E-state index contributed by atoms with van der Waals surface area (Å²) in [7, 11) is 0. The average molecular weight is 406 g/mol. The van der Waals surface area contributed by atoms with E-state index in [0.717, 1.165) is 22.5 Å². The standard InChI is InChI=1S/C18H11ClF3N5O/c19-13-4-2-12(3-5-13)14-7-16-25-27(17(28)26(16)10-24-14)9-11-1-6-15(23-8-11)18(20,21)22/h1-8,10H,9H2. The van der Waals surface area contributed by atoms with Crippen LogP contribution in [0, 0.1) is 0 Å². The SMILES string of the molecule is O=c1n(Cc2ccc(C(F)(F)F)nc2)nc2cc(-c3ccc(Cl)cc3)ncn12. The second kappa shape index (κ2) is 6.75. The van der Waals surface area contributed by atoms with Gasteiger partial charge in [-0.15, -0.1) is 5.10 Å². The third kappa shape index (κ3) is 3.48. The quantitative estimate of drug-likeness (QED) is 0.521. The Morgan fingerprint density at radius 1 is 1.04 bits per heavy atom. The fourth-order valence-electron chi connectivity index (χ4n) is 2.66. The molecule has 0 saturated carbocycles. The summed E-state index contributed by atoms with van der Waals surface area (Å²) < 4.78 is 40.2. The Morgan fingerprint density at radius 3 is 2.43 bits per heavy atom. The van der Waals surface area contributed by atoms with Gasteiger partial charge in [-0.05, 0) is 23.8 Å². The fourth-order valence-corrected chi connectivity index (χ4v) is 2.79. The van der Waals surface area contributed by atoms with Crippen LogP contribution in [0.15, 0.2) is 59.8 Å². The van der Waals surface area contributed by atoms with Crippen LogP contribution in [-0.2, 0) is 12.7 Å². The van der Waals surface area contributed by atoms with Crippen LogP contribution in [0.1, 0.15) is 11.3 Å². The summed E-state index contributed by atoms with van der Waals surface area (Å²) >= 11 is 5.88. The molecule has 0 fully saturated rings. The minimum atomic E-state index is -4.51. The minimum Gasteiger partial charge on any atom is -0.251 e. The van der Waals surface area contributed by atoms with Crippen molar-refractivity contribution >= 4 is 17.2 Å². The van der Waals surface area contributed by atoms with Gasteiger partial charge >= 0.3 is 11.9 Å². The normalized spacial score (nSPS) is 11.9. The molecule has 0 spiro atoms. The zero-order chi connectivity index (χ0) is 19.9. The highest BCUT2D eigenvalue weighted by Crippen LogP contribution is 2.27. The second-order valence-corrected chi connectivity index (χ2v) is 6.44. The van der Waals surface area contributed by atoms with E-state index in [-0.39, 0.29) is 6.54 Å².